The minimum Gasteiger partial charge on any atom is -0.496 e. The number of rotatable bonds is 5. The van der Waals surface area contributed by atoms with Crippen LogP contribution in [-0.4, -0.2) is 19.0 Å². The van der Waals surface area contributed by atoms with Gasteiger partial charge >= 0.3 is 5.37 Å². The molecular weight excluding hydrogens is 226 g/mol. The second kappa shape index (κ2) is 6.38. The Morgan fingerprint density at radius 1 is 1.50 bits per heavy atom. The van der Waals surface area contributed by atoms with Crippen LogP contribution in [0, 0.1) is 0 Å². The van der Waals surface area contributed by atoms with Crippen molar-refractivity contribution >= 4 is 17.0 Å². The maximum Gasteiger partial charge on any atom is 0.313 e. The molecule has 0 atom stereocenters. The molecule has 1 rings (SSSR count). The number of aryl methyl sites for hydroxylation is 1. The molecular formula is C12H16ClNO2. The fourth-order valence-electron chi connectivity index (χ4n) is 1.54. The zero-order valence-electron chi connectivity index (χ0n) is 9.55. The summed E-state index contributed by atoms with van der Waals surface area (Å²) < 4.78 is 5.26. The van der Waals surface area contributed by atoms with Crippen LogP contribution in [0.4, 0.5) is 4.79 Å². The fraction of sp³-hybridized carbons (Fsp3) is 0.417. The Morgan fingerprint density at radius 3 is 2.81 bits per heavy atom. The smallest absolute Gasteiger partial charge is 0.313 e. The van der Waals surface area contributed by atoms with Crippen molar-refractivity contribution in [2.75, 3.05) is 13.7 Å². The molecule has 1 N–H and O–H groups in total. The van der Waals surface area contributed by atoms with Gasteiger partial charge < -0.3 is 10.1 Å². The van der Waals surface area contributed by atoms with E-state index in [0.717, 1.165) is 24.2 Å². The summed E-state index contributed by atoms with van der Waals surface area (Å²) in [6.45, 7) is 2.62. The topological polar surface area (TPSA) is 38.3 Å². The van der Waals surface area contributed by atoms with Gasteiger partial charge in [0, 0.05) is 6.54 Å². The van der Waals surface area contributed by atoms with Gasteiger partial charge in [0.05, 0.1) is 7.11 Å². The van der Waals surface area contributed by atoms with Gasteiger partial charge in [0.1, 0.15) is 5.75 Å². The van der Waals surface area contributed by atoms with E-state index in [4.69, 9.17) is 16.3 Å². The lowest BCUT2D eigenvalue weighted by Crippen LogP contribution is -2.19. The molecule has 88 valence electrons. The number of amides is 1. The van der Waals surface area contributed by atoms with Crippen LogP contribution in [0.1, 0.15) is 18.1 Å². The average molecular weight is 242 g/mol. The molecule has 0 bridgehead atoms. The highest BCUT2D eigenvalue weighted by molar-refractivity contribution is 6.62. The zero-order chi connectivity index (χ0) is 12.0. The summed E-state index contributed by atoms with van der Waals surface area (Å²) in [7, 11) is 1.64. The van der Waals surface area contributed by atoms with Crippen LogP contribution in [0.15, 0.2) is 18.2 Å². The van der Waals surface area contributed by atoms with Gasteiger partial charge in [-0.1, -0.05) is 19.1 Å². The third kappa shape index (κ3) is 3.74. The van der Waals surface area contributed by atoms with Gasteiger partial charge in [0.2, 0.25) is 0 Å². The number of methoxy groups -OCH3 is 1. The van der Waals surface area contributed by atoms with E-state index < -0.39 is 5.37 Å². The summed E-state index contributed by atoms with van der Waals surface area (Å²) >= 11 is 5.19. The van der Waals surface area contributed by atoms with Gasteiger partial charge in [-0.2, -0.15) is 0 Å². The van der Waals surface area contributed by atoms with Crippen LogP contribution in [0.5, 0.6) is 5.75 Å². The van der Waals surface area contributed by atoms with Crippen molar-refractivity contribution in [1.82, 2.24) is 5.32 Å². The average Bonchev–Trinajstić information content (AvgIpc) is 2.28. The lowest BCUT2D eigenvalue weighted by Gasteiger charge is -2.10. The largest absolute Gasteiger partial charge is 0.496 e. The van der Waals surface area contributed by atoms with Gasteiger partial charge in [0.25, 0.3) is 0 Å². The molecule has 0 spiro atoms. The highest BCUT2D eigenvalue weighted by Gasteiger charge is 2.04. The Kier molecular flexibility index (Phi) is 5.12. The first-order valence-electron chi connectivity index (χ1n) is 5.26. The normalized spacial score (nSPS) is 9.94. The zero-order valence-corrected chi connectivity index (χ0v) is 10.3. The summed E-state index contributed by atoms with van der Waals surface area (Å²) in [5.74, 6) is 0.848. The van der Waals surface area contributed by atoms with Crippen LogP contribution in [0.25, 0.3) is 0 Å². The SMILES string of the molecule is CCc1ccc(OC)c(CCNC(=O)Cl)c1. The number of hydrogen-bond acceptors (Lipinski definition) is 2. The summed E-state index contributed by atoms with van der Waals surface area (Å²) in [4.78, 5) is 10.5. The quantitative estimate of drug-likeness (QED) is 0.636. The molecule has 0 unspecified atom stereocenters. The third-order valence-electron chi connectivity index (χ3n) is 2.41. The summed E-state index contributed by atoms with van der Waals surface area (Å²) in [6, 6.07) is 6.10. The summed E-state index contributed by atoms with van der Waals surface area (Å²) in [5.41, 5.74) is 2.35. The summed E-state index contributed by atoms with van der Waals surface area (Å²) in [6.07, 6.45) is 1.70. The van der Waals surface area contributed by atoms with Gasteiger partial charge in [-0.25, -0.2) is 0 Å². The number of halogens is 1. The Morgan fingerprint density at radius 2 is 2.25 bits per heavy atom. The molecule has 0 radical (unpaired) electrons. The standard InChI is InChI=1S/C12H16ClNO2/c1-3-9-4-5-11(16-2)10(8-9)6-7-14-12(13)15/h4-5,8H,3,6-7H2,1-2H3,(H,14,15). The molecule has 0 heterocycles. The van der Waals surface area contributed by atoms with Crippen LogP contribution in [0.2, 0.25) is 0 Å². The molecule has 3 nitrogen and oxygen atoms in total. The molecule has 0 aliphatic rings. The first kappa shape index (κ1) is 12.8. The molecule has 0 saturated heterocycles. The molecule has 1 aromatic carbocycles. The molecule has 1 aromatic rings. The number of carbonyl (C=O) groups excluding carboxylic acids is 1. The predicted octanol–water partition coefficient (Wildman–Crippen LogP) is 2.75. The van der Waals surface area contributed by atoms with Crippen LogP contribution in [-0.2, 0) is 12.8 Å². The monoisotopic (exact) mass is 241 g/mol. The second-order valence-corrected chi connectivity index (χ2v) is 3.79. The minimum atomic E-state index is -0.523. The molecule has 4 heteroatoms. The Balaban J connectivity index is 2.71. The molecule has 16 heavy (non-hydrogen) atoms. The maximum absolute atomic E-state index is 10.5. The molecule has 0 fully saturated rings. The Hall–Kier alpha value is -1.22. The van der Waals surface area contributed by atoms with Crippen molar-refractivity contribution in [2.24, 2.45) is 0 Å². The lowest BCUT2D eigenvalue weighted by molar-refractivity contribution is 0.260. The van der Waals surface area contributed by atoms with Crippen molar-refractivity contribution < 1.29 is 9.53 Å². The van der Waals surface area contributed by atoms with Crippen molar-refractivity contribution in [3.63, 3.8) is 0 Å². The molecule has 0 aliphatic carbocycles. The number of nitrogens with one attached hydrogen (secondary N) is 1. The van der Waals surface area contributed by atoms with Gasteiger partial charge in [-0.3, -0.25) is 4.79 Å². The first-order valence-corrected chi connectivity index (χ1v) is 5.64. The van der Waals surface area contributed by atoms with E-state index in [1.807, 2.05) is 12.1 Å². The molecule has 0 aliphatic heterocycles. The van der Waals surface area contributed by atoms with Crippen molar-refractivity contribution in [1.29, 1.82) is 0 Å². The second-order valence-electron chi connectivity index (χ2n) is 3.45. The molecule has 0 aromatic heterocycles. The van der Waals surface area contributed by atoms with Gasteiger partial charge in [-0.15, -0.1) is 0 Å². The van der Waals surface area contributed by atoms with Crippen molar-refractivity contribution in [2.45, 2.75) is 19.8 Å². The van der Waals surface area contributed by atoms with Gasteiger partial charge in [0.15, 0.2) is 0 Å². The number of ether oxygens (including phenoxy) is 1. The van der Waals surface area contributed by atoms with E-state index in [2.05, 4.69) is 18.3 Å². The van der Waals surface area contributed by atoms with Crippen molar-refractivity contribution in [3.05, 3.63) is 29.3 Å². The first-order chi connectivity index (χ1) is 7.67. The predicted molar refractivity (Wildman–Crippen MR) is 65.3 cm³/mol. The highest BCUT2D eigenvalue weighted by Crippen LogP contribution is 2.20. The highest BCUT2D eigenvalue weighted by atomic mass is 35.5. The van der Waals surface area contributed by atoms with Crippen LogP contribution < -0.4 is 10.1 Å². The van der Waals surface area contributed by atoms with Crippen LogP contribution in [0.3, 0.4) is 0 Å². The Labute approximate surface area is 101 Å². The summed E-state index contributed by atoms with van der Waals surface area (Å²) in [5, 5.41) is 2.03. The number of benzene rings is 1. The van der Waals surface area contributed by atoms with Crippen molar-refractivity contribution in [3.8, 4) is 5.75 Å². The molecule has 0 saturated carbocycles. The van der Waals surface area contributed by atoms with E-state index in [1.54, 1.807) is 7.11 Å². The van der Waals surface area contributed by atoms with E-state index in [0.29, 0.717) is 6.54 Å². The maximum atomic E-state index is 10.5. The lowest BCUT2D eigenvalue weighted by atomic mass is 10.1. The van der Waals surface area contributed by atoms with E-state index in [-0.39, 0.29) is 0 Å². The molecule has 1 amide bonds. The van der Waals surface area contributed by atoms with E-state index >= 15 is 0 Å². The Bertz CT molecular complexity index is 366. The fourth-order valence-corrected chi connectivity index (χ4v) is 1.64. The number of carbonyl (C=O) groups is 1. The van der Waals surface area contributed by atoms with E-state index in [9.17, 15) is 4.79 Å². The van der Waals surface area contributed by atoms with Crippen LogP contribution >= 0.6 is 11.6 Å². The third-order valence-corrected chi connectivity index (χ3v) is 2.55. The van der Waals surface area contributed by atoms with Gasteiger partial charge in [-0.05, 0) is 41.6 Å². The number of hydrogen-bond donors (Lipinski definition) is 1. The van der Waals surface area contributed by atoms with E-state index in [1.165, 1.54) is 5.56 Å². The minimum absolute atomic E-state index is 0.520.